The molecule has 1 fully saturated rings. The molecule has 4 heteroatoms. The fourth-order valence-electron chi connectivity index (χ4n) is 3.47. The van der Waals surface area contributed by atoms with Crippen LogP contribution in [0.25, 0.3) is 0 Å². The highest BCUT2D eigenvalue weighted by Crippen LogP contribution is 2.23. The van der Waals surface area contributed by atoms with Crippen molar-refractivity contribution in [3.63, 3.8) is 0 Å². The van der Waals surface area contributed by atoms with Gasteiger partial charge in [0.05, 0.1) is 0 Å². The minimum atomic E-state index is 0.130. The zero-order valence-electron chi connectivity index (χ0n) is 14.4. The van der Waals surface area contributed by atoms with Crippen molar-refractivity contribution < 1.29 is 4.79 Å². The maximum absolute atomic E-state index is 12.3. The second kappa shape index (κ2) is 9.42. The lowest BCUT2D eigenvalue weighted by Gasteiger charge is -2.32. The first-order valence-electron chi connectivity index (χ1n) is 8.75. The number of amides is 1. The van der Waals surface area contributed by atoms with Crippen LogP contribution < -0.4 is 11.1 Å². The summed E-state index contributed by atoms with van der Waals surface area (Å²) in [6, 6.07) is 0.657. The third-order valence-electron chi connectivity index (χ3n) is 4.67. The van der Waals surface area contributed by atoms with Gasteiger partial charge in [-0.3, -0.25) is 9.69 Å². The number of hydrogen-bond donors (Lipinski definition) is 2. The zero-order chi connectivity index (χ0) is 15.8. The summed E-state index contributed by atoms with van der Waals surface area (Å²) in [6.07, 6.45) is 5.14. The molecule has 0 radical (unpaired) electrons. The Kier molecular flexibility index (Phi) is 8.27. The summed E-state index contributed by atoms with van der Waals surface area (Å²) in [5.74, 6) is 0.992. The third kappa shape index (κ3) is 6.35. The van der Waals surface area contributed by atoms with E-state index in [2.05, 4.69) is 37.9 Å². The molecule has 0 aromatic carbocycles. The van der Waals surface area contributed by atoms with Gasteiger partial charge in [0, 0.05) is 24.5 Å². The molecule has 0 aliphatic heterocycles. The van der Waals surface area contributed by atoms with Gasteiger partial charge >= 0.3 is 0 Å². The van der Waals surface area contributed by atoms with Crippen molar-refractivity contribution in [2.45, 2.75) is 71.9 Å². The Morgan fingerprint density at radius 3 is 2.48 bits per heavy atom. The van der Waals surface area contributed by atoms with Gasteiger partial charge in [-0.1, -0.05) is 34.1 Å². The van der Waals surface area contributed by atoms with E-state index < -0.39 is 0 Å². The Labute approximate surface area is 130 Å². The summed E-state index contributed by atoms with van der Waals surface area (Å²) in [6.45, 7) is 11.7. The van der Waals surface area contributed by atoms with E-state index in [1.807, 2.05) is 0 Å². The van der Waals surface area contributed by atoms with Crippen molar-refractivity contribution in [3.8, 4) is 0 Å². The number of likely N-dealkylation sites (N-methyl/N-ethyl adjacent to an activating group) is 1. The molecule has 0 aromatic heterocycles. The van der Waals surface area contributed by atoms with Crippen molar-refractivity contribution in [1.82, 2.24) is 10.2 Å². The van der Waals surface area contributed by atoms with E-state index in [4.69, 9.17) is 5.73 Å². The monoisotopic (exact) mass is 297 g/mol. The number of nitrogens with zero attached hydrogens (tertiary/aromatic N) is 1. The summed E-state index contributed by atoms with van der Waals surface area (Å²) < 4.78 is 0. The molecule has 1 aliphatic rings. The quantitative estimate of drug-likeness (QED) is 0.723. The largest absolute Gasteiger partial charge is 0.354 e. The molecular formula is C17H35N3O. The first kappa shape index (κ1) is 18.4. The highest BCUT2D eigenvalue weighted by Gasteiger charge is 2.26. The molecule has 1 rings (SSSR count). The molecule has 1 amide bonds. The van der Waals surface area contributed by atoms with Gasteiger partial charge in [-0.25, -0.2) is 0 Å². The van der Waals surface area contributed by atoms with Gasteiger partial charge in [0.2, 0.25) is 5.91 Å². The summed E-state index contributed by atoms with van der Waals surface area (Å²) in [7, 11) is 0. The fraction of sp³-hybridized carbons (Fsp3) is 0.941. The Morgan fingerprint density at radius 1 is 1.29 bits per heavy atom. The van der Waals surface area contributed by atoms with E-state index in [0.717, 1.165) is 51.7 Å². The zero-order valence-corrected chi connectivity index (χ0v) is 14.4. The first-order chi connectivity index (χ1) is 9.97. The molecule has 124 valence electrons. The summed E-state index contributed by atoms with van der Waals surface area (Å²) >= 11 is 0. The summed E-state index contributed by atoms with van der Waals surface area (Å²) in [5, 5.41) is 3.19. The van der Waals surface area contributed by atoms with Crippen LogP contribution in [0.3, 0.4) is 0 Å². The van der Waals surface area contributed by atoms with E-state index in [-0.39, 0.29) is 17.9 Å². The van der Waals surface area contributed by atoms with Gasteiger partial charge in [-0.2, -0.15) is 0 Å². The van der Waals surface area contributed by atoms with Crippen LogP contribution >= 0.6 is 0 Å². The van der Waals surface area contributed by atoms with Crippen molar-refractivity contribution in [2.24, 2.45) is 17.6 Å². The Balaban J connectivity index is 2.49. The fourth-order valence-corrected chi connectivity index (χ4v) is 3.47. The van der Waals surface area contributed by atoms with Crippen LogP contribution in [0.1, 0.15) is 59.8 Å². The van der Waals surface area contributed by atoms with E-state index in [0.29, 0.717) is 12.0 Å². The van der Waals surface area contributed by atoms with Crippen LogP contribution in [0, 0.1) is 11.8 Å². The maximum atomic E-state index is 12.3. The number of carbonyl (C=O) groups excluding carboxylic acids is 1. The van der Waals surface area contributed by atoms with Crippen LogP contribution in [0.5, 0.6) is 0 Å². The van der Waals surface area contributed by atoms with E-state index in [1.54, 1.807) is 0 Å². The van der Waals surface area contributed by atoms with Gasteiger partial charge in [0.25, 0.3) is 0 Å². The Hall–Kier alpha value is -0.610. The predicted octanol–water partition coefficient (Wildman–Crippen LogP) is 2.38. The molecule has 0 aromatic rings. The molecule has 1 aliphatic carbocycles. The Morgan fingerprint density at radius 2 is 1.95 bits per heavy atom. The molecule has 4 nitrogen and oxygen atoms in total. The highest BCUT2D eigenvalue weighted by molar-refractivity contribution is 5.78. The number of hydrogen-bond acceptors (Lipinski definition) is 3. The molecule has 3 N–H and O–H groups in total. The van der Waals surface area contributed by atoms with Crippen LogP contribution in [0.15, 0.2) is 0 Å². The van der Waals surface area contributed by atoms with Crippen LogP contribution in [-0.4, -0.2) is 42.5 Å². The SMILES string of the molecule is CCN(CC)C(CNC(=O)C1CCCC(N)C1)CC(C)C. The van der Waals surface area contributed by atoms with Crippen molar-refractivity contribution in [2.75, 3.05) is 19.6 Å². The Bertz CT molecular complexity index is 302. The lowest BCUT2D eigenvalue weighted by molar-refractivity contribution is -0.126. The average molecular weight is 297 g/mol. The smallest absolute Gasteiger partial charge is 0.223 e. The molecule has 0 saturated heterocycles. The standard InChI is InChI=1S/C17H35N3O/c1-5-20(6-2)16(10-13(3)4)12-19-17(21)14-8-7-9-15(18)11-14/h13-16H,5-12,18H2,1-4H3,(H,19,21). The van der Waals surface area contributed by atoms with Crippen LogP contribution in [0.2, 0.25) is 0 Å². The molecule has 0 spiro atoms. The van der Waals surface area contributed by atoms with Crippen molar-refractivity contribution in [1.29, 1.82) is 0 Å². The number of nitrogens with one attached hydrogen (secondary N) is 1. The third-order valence-corrected chi connectivity index (χ3v) is 4.67. The molecular weight excluding hydrogens is 262 g/mol. The normalized spacial score (nSPS) is 24.3. The molecule has 3 unspecified atom stereocenters. The molecule has 1 saturated carbocycles. The number of carbonyl (C=O) groups is 1. The first-order valence-corrected chi connectivity index (χ1v) is 8.75. The van der Waals surface area contributed by atoms with Gasteiger partial charge in [-0.05, 0) is 44.7 Å². The van der Waals surface area contributed by atoms with Gasteiger partial charge < -0.3 is 11.1 Å². The van der Waals surface area contributed by atoms with Crippen molar-refractivity contribution >= 4 is 5.91 Å². The average Bonchev–Trinajstić information content (AvgIpc) is 2.45. The summed E-state index contributed by atoms with van der Waals surface area (Å²) in [4.78, 5) is 14.8. The summed E-state index contributed by atoms with van der Waals surface area (Å²) in [5.41, 5.74) is 5.99. The predicted molar refractivity (Wildman–Crippen MR) is 89.1 cm³/mol. The van der Waals surface area contributed by atoms with Crippen LogP contribution in [0.4, 0.5) is 0 Å². The van der Waals surface area contributed by atoms with E-state index in [1.165, 1.54) is 0 Å². The lowest BCUT2D eigenvalue weighted by atomic mass is 9.85. The second-order valence-electron chi connectivity index (χ2n) is 6.87. The van der Waals surface area contributed by atoms with Gasteiger partial charge in [0.15, 0.2) is 0 Å². The molecule has 3 atom stereocenters. The second-order valence-corrected chi connectivity index (χ2v) is 6.87. The van der Waals surface area contributed by atoms with Gasteiger partial charge in [-0.15, -0.1) is 0 Å². The number of nitrogens with two attached hydrogens (primary N) is 1. The van der Waals surface area contributed by atoms with Crippen molar-refractivity contribution in [3.05, 3.63) is 0 Å². The van der Waals surface area contributed by atoms with E-state index >= 15 is 0 Å². The lowest BCUT2D eigenvalue weighted by Crippen LogP contribution is -2.46. The highest BCUT2D eigenvalue weighted by atomic mass is 16.1. The molecule has 0 bridgehead atoms. The maximum Gasteiger partial charge on any atom is 0.223 e. The molecule has 21 heavy (non-hydrogen) atoms. The number of rotatable bonds is 8. The topological polar surface area (TPSA) is 58.4 Å². The van der Waals surface area contributed by atoms with Crippen LogP contribution in [-0.2, 0) is 4.79 Å². The minimum absolute atomic E-state index is 0.130. The molecule has 0 heterocycles. The van der Waals surface area contributed by atoms with Gasteiger partial charge in [0.1, 0.15) is 0 Å². The van der Waals surface area contributed by atoms with E-state index in [9.17, 15) is 4.79 Å². The minimum Gasteiger partial charge on any atom is -0.354 e.